The predicted molar refractivity (Wildman–Crippen MR) is 224 cm³/mol. The number of carbonyl (C=O) groups excluding carboxylic acids is 1. The van der Waals surface area contributed by atoms with E-state index in [4.69, 9.17) is 29.3 Å². The number of rotatable bonds is 14. The molecule has 1 amide bonds. The fourth-order valence-corrected chi connectivity index (χ4v) is 9.73. The minimum Gasteiger partial charge on any atom is -0.444 e. The van der Waals surface area contributed by atoms with Crippen LogP contribution < -0.4 is 4.90 Å². The lowest BCUT2D eigenvalue weighted by molar-refractivity contribution is 0.00567. The molecular weight excluding hydrogens is 731 g/mol. The molecule has 2 aliphatic heterocycles. The molecule has 14 heteroatoms. The lowest BCUT2D eigenvalue weighted by atomic mass is 9.86. The van der Waals surface area contributed by atoms with Crippen LogP contribution in [0.5, 0.6) is 0 Å². The summed E-state index contributed by atoms with van der Waals surface area (Å²) >= 11 is 1.64. The van der Waals surface area contributed by atoms with Crippen molar-refractivity contribution in [3.8, 4) is 21.8 Å². The number of pyridine rings is 1. The van der Waals surface area contributed by atoms with E-state index in [0.29, 0.717) is 26.7 Å². The summed E-state index contributed by atoms with van der Waals surface area (Å²) in [5, 5.41) is 5.91. The highest BCUT2D eigenvalue weighted by Gasteiger charge is 2.46. The van der Waals surface area contributed by atoms with Gasteiger partial charge in [0.25, 0.3) is 0 Å². The van der Waals surface area contributed by atoms with Gasteiger partial charge in [-0.15, -0.1) is 11.3 Å². The summed E-state index contributed by atoms with van der Waals surface area (Å²) in [6, 6.07) is 6.52. The second-order valence-corrected chi connectivity index (χ2v) is 31.1. The van der Waals surface area contributed by atoms with Gasteiger partial charge in [-0.1, -0.05) is 45.3 Å². The van der Waals surface area contributed by atoms with Crippen molar-refractivity contribution in [1.82, 2.24) is 29.5 Å². The van der Waals surface area contributed by atoms with Crippen molar-refractivity contribution in [2.24, 2.45) is 0 Å². The zero-order valence-electron chi connectivity index (χ0n) is 34.4. The molecule has 54 heavy (non-hydrogen) atoms. The number of ether oxygens (including phenoxy) is 3. The molecule has 2 fully saturated rings. The maximum absolute atomic E-state index is 13.4. The molecule has 0 aliphatic carbocycles. The Morgan fingerprint density at radius 3 is 2.06 bits per heavy atom. The Morgan fingerprint density at radius 1 is 0.907 bits per heavy atom. The maximum Gasteiger partial charge on any atom is 0.410 e. The summed E-state index contributed by atoms with van der Waals surface area (Å²) in [5.74, 6) is 1.11. The monoisotopic (exact) mass is 791 g/mol. The van der Waals surface area contributed by atoms with Gasteiger partial charge in [0.1, 0.15) is 29.9 Å². The summed E-state index contributed by atoms with van der Waals surface area (Å²) in [6.45, 7) is 26.5. The largest absolute Gasteiger partial charge is 0.444 e. The van der Waals surface area contributed by atoms with Gasteiger partial charge in [-0.3, -0.25) is 4.98 Å². The molecule has 2 aliphatic rings. The van der Waals surface area contributed by atoms with Gasteiger partial charge in [0.05, 0.1) is 17.6 Å². The first-order chi connectivity index (χ1) is 25.4. The highest BCUT2D eigenvalue weighted by Crippen LogP contribution is 2.45. The minimum absolute atomic E-state index is 0.117. The summed E-state index contributed by atoms with van der Waals surface area (Å²) in [5.41, 5.74) is 5.08. The van der Waals surface area contributed by atoms with Crippen molar-refractivity contribution in [1.29, 1.82) is 0 Å². The van der Waals surface area contributed by atoms with E-state index in [1.165, 1.54) is 0 Å². The van der Waals surface area contributed by atoms with E-state index < -0.39 is 21.7 Å². The number of fused-ring (bicyclic) bond motifs is 3. The molecule has 11 nitrogen and oxygen atoms in total. The Bertz CT molecular complexity index is 1880. The van der Waals surface area contributed by atoms with Gasteiger partial charge < -0.3 is 24.0 Å². The van der Waals surface area contributed by atoms with Crippen LogP contribution in [0.4, 0.5) is 10.6 Å². The molecule has 6 heterocycles. The summed E-state index contributed by atoms with van der Waals surface area (Å²) in [4.78, 5) is 33.6. The number of aromatic nitrogens is 5. The molecule has 294 valence electrons. The zero-order chi connectivity index (χ0) is 39.0. The number of amides is 1. The average Bonchev–Trinajstić information content (AvgIpc) is 3.77. The van der Waals surface area contributed by atoms with Gasteiger partial charge in [-0.25, -0.2) is 14.8 Å². The molecule has 0 radical (unpaired) electrons. The first-order valence-electron chi connectivity index (χ1n) is 19.6. The van der Waals surface area contributed by atoms with Crippen LogP contribution in [0.1, 0.15) is 68.5 Å². The van der Waals surface area contributed by atoms with E-state index >= 15 is 0 Å². The molecule has 0 spiro atoms. The van der Waals surface area contributed by atoms with Crippen molar-refractivity contribution >= 4 is 45.0 Å². The Morgan fingerprint density at radius 2 is 1.54 bits per heavy atom. The van der Waals surface area contributed by atoms with Crippen LogP contribution in [0.3, 0.4) is 0 Å². The number of aryl methyl sites for hydroxylation is 1. The highest BCUT2D eigenvalue weighted by molar-refractivity contribution is 7.14. The second-order valence-electron chi connectivity index (χ2n) is 18.6. The van der Waals surface area contributed by atoms with Gasteiger partial charge in [0.2, 0.25) is 0 Å². The number of hydrogen-bond donors (Lipinski definition) is 0. The molecule has 0 aromatic carbocycles. The number of carbonyl (C=O) groups is 1. The van der Waals surface area contributed by atoms with Gasteiger partial charge in [0, 0.05) is 81.3 Å². The molecular formula is C40H61N7O4SSi2. The van der Waals surface area contributed by atoms with Gasteiger partial charge in [0.15, 0.2) is 5.65 Å². The quantitative estimate of drug-likeness (QED) is 0.0701. The SMILES string of the molecule is Cc1cnc(-c2ccc(-c3cnn4c(N(COCC[Si](C)(C)C)COCC[Si](C)(C)C)c(C)c(C5C[C@H]6CC[C@@H](C5)N6C(=O)OC(C)(C)C)nc34)cn2)s1. The van der Waals surface area contributed by atoms with E-state index in [2.05, 4.69) is 69.1 Å². The van der Waals surface area contributed by atoms with Gasteiger partial charge in [-0.2, -0.15) is 9.61 Å². The lowest BCUT2D eigenvalue weighted by Crippen LogP contribution is -2.48. The van der Waals surface area contributed by atoms with Crippen LogP contribution in [-0.2, 0) is 14.2 Å². The van der Waals surface area contributed by atoms with Crippen molar-refractivity contribution < 1.29 is 19.0 Å². The zero-order valence-corrected chi connectivity index (χ0v) is 37.2. The fraction of sp³-hybridized carbons (Fsp3) is 0.625. The second kappa shape index (κ2) is 16.1. The molecule has 3 atom stereocenters. The van der Waals surface area contributed by atoms with Crippen LogP contribution in [0.25, 0.3) is 27.5 Å². The minimum atomic E-state index is -1.28. The van der Waals surface area contributed by atoms with E-state index in [9.17, 15) is 4.79 Å². The molecule has 4 aromatic heterocycles. The smallest absolute Gasteiger partial charge is 0.410 e. The molecule has 6 rings (SSSR count). The summed E-state index contributed by atoms with van der Waals surface area (Å²) < 4.78 is 20.7. The van der Waals surface area contributed by atoms with Gasteiger partial charge in [-0.05, 0) is 78.5 Å². The number of anilines is 1. The van der Waals surface area contributed by atoms with Crippen LogP contribution in [0, 0.1) is 13.8 Å². The topological polar surface area (TPSA) is 107 Å². The number of thiazole rings is 1. The van der Waals surface area contributed by atoms with Crippen LogP contribution in [0.2, 0.25) is 51.4 Å². The Kier molecular flexibility index (Phi) is 12.1. The predicted octanol–water partition coefficient (Wildman–Crippen LogP) is 9.61. The number of piperidine rings is 1. The summed E-state index contributed by atoms with van der Waals surface area (Å²) in [6.07, 6.45) is 9.13. The standard InChI is InChI=1S/C40H61N7O4SSi2/c1-27-22-42-37(52-27)34-15-12-29(23-41-34)33-24-43-47-36(33)44-35(30-20-31-13-14-32(21-30)46(31)39(48)51-40(3,4)5)28(2)38(47)45(25-49-16-18-53(6,7)8)26-50-17-19-54(9,10)11/h12,15,22-24,30-32H,13-14,16-21,25-26H2,1-11H3/t30?,31-,32+. The van der Waals surface area contributed by atoms with Gasteiger partial charge >= 0.3 is 6.09 Å². The third-order valence-electron chi connectivity index (χ3n) is 10.3. The van der Waals surface area contributed by atoms with E-state index in [0.717, 1.165) is 87.2 Å². The normalized spacial score (nSPS) is 19.2. The first-order valence-corrected chi connectivity index (χ1v) is 27.8. The first kappa shape index (κ1) is 40.5. The number of nitrogens with zero attached hydrogens (tertiary/aromatic N) is 7. The molecule has 0 saturated carbocycles. The highest BCUT2D eigenvalue weighted by atomic mass is 32.1. The van der Waals surface area contributed by atoms with Crippen molar-refractivity contribution in [2.45, 2.75) is 135 Å². The van der Waals surface area contributed by atoms with E-state index in [-0.39, 0.29) is 24.1 Å². The van der Waals surface area contributed by atoms with Crippen LogP contribution in [0.15, 0.2) is 30.7 Å². The maximum atomic E-state index is 13.4. The Labute approximate surface area is 327 Å². The van der Waals surface area contributed by atoms with E-state index in [1.54, 1.807) is 11.3 Å². The average molecular weight is 792 g/mol. The molecule has 2 saturated heterocycles. The number of hydrogen-bond acceptors (Lipinski definition) is 10. The molecule has 1 unspecified atom stereocenters. The van der Waals surface area contributed by atoms with Crippen molar-refractivity contribution in [3.05, 3.63) is 46.9 Å². The third-order valence-corrected chi connectivity index (χ3v) is 14.7. The van der Waals surface area contributed by atoms with E-state index in [1.807, 2.05) is 54.8 Å². The van der Waals surface area contributed by atoms with Crippen LogP contribution >= 0.6 is 11.3 Å². The Hall–Kier alpha value is -3.18. The van der Waals surface area contributed by atoms with Crippen molar-refractivity contribution in [2.75, 3.05) is 31.6 Å². The lowest BCUT2D eigenvalue weighted by Gasteiger charge is -2.40. The van der Waals surface area contributed by atoms with Crippen LogP contribution in [-0.4, -0.2) is 96.1 Å². The summed E-state index contributed by atoms with van der Waals surface area (Å²) in [7, 11) is -2.57. The third kappa shape index (κ3) is 9.79. The fourth-order valence-electron chi connectivity index (χ4n) is 7.48. The van der Waals surface area contributed by atoms with Crippen molar-refractivity contribution in [3.63, 3.8) is 0 Å². The molecule has 0 N–H and O–H groups in total. The molecule has 4 aromatic rings. The molecule has 2 bridgehead atoms. The Balaban J connectivity index is 1.39.